The van der Waals surface area contributed by atoms with E-state index in [1.54, 1.807) is 0 Å². The molecule has 1 aliphatic rings. The van der Waals surface area contributed by atoms with Crippen LogP contribution in [0.25, 0.3) is 0 Å². The highest BCUT2D eigenvalue weighted by Crippen LogP contribution is 2.23. The van der Waals surface area contributed by atoms with Crippen molar-refractivity contribution in [3.8, 4) is 0 Å². The van der Waals surface area contributed by atoms with Crippen LogP contribution in [0.3, 0.4) is 0 Å². The average molecular weight is 435 g/mol. The molecule has 0 spiro atoms. The minimum absolute atomic E-state index is 0.226. The number of ether oxygens (including phenoxy) is 2. The van der Waals surface area contributed by atoms with Gasteiger partial charge < -0.3 is 46.2 Å². The molecule has 0 aromatic carbocycles. The first-order valence-electron chi connectivity index (χ1n) is 9.30. The van der Waals surface area contributed by atoms with Crippen molar-refractivity contribution >= 4 is 24.1 Å². The van der Waals surface area contributed by atoms with Crippen LogP contribution < -0.4 is 11.5 Å². The van der Waals surface area contributed by atoms with Crippen LogP contribution in [0.5, 0.6) is 0 Å². The summed E-state index contributed by atoms with van der Waals surface area (Å²) in [6, 6.07) is -4.20. The van der Waals surface area contributed by atoms with Crippen LogP contribution in [0.15, 0.2) is 0 Å². The third kappa shape index (κ3) is 6.01. The van der Waals surface area contributed by atoms with Crippen LogP contribution in [0.2, 0.25) is 0 Å². The maximum atomic E-state index is 12.9. The van der Waals surface area contributed by atoms with Crippen LogP contribution in [-0.2, 0) is 28.7 Å². The number of hydrogen-bond acceptors (Lipinski definition) is 11. The van der Waals surface area contributed by atoms with Crippen molar-refractivity contribution in [3.63, 3.8) is 0 Å². The van der Waals surface area contributed by atoms with Gasteiger partial charge in [-0.1, -0.05) is 0 Å². The van der Waals surface area contributed by atoms with E-state index in [0.29, 0.717) is 11.2 Å². The molecule has 1 unspecified atom stereocenters. The fourth-order valence-corrected chi connectivity index (χ4v) is 2.99. The van der Waals surface area contributed by atoms with E-state index in [9.17, 15) is 39.6 Å². The van der Waals surface area contributed by atoms with E-state index in [2.05, 4.69) is 0 Å². The standard InChI is InChI=1S/C17H29N3O10/c1-7(18)14(24)20(9(16(26)27)4-3-5-21)15(25)8(2)29-13-11(19)17(28)30-10(6-22)12(13)23/h5,7-13,17,22-23,28H,3-4,6,18-19H2,1-2H3,(H,26,27)/t7-,8?,9-,10+,11+,12+,13+,17-/m0/s1. The summed E-state index contributed by atoms with van der Waals surface area (Å²) in [6.45, 7) is 1.78. The minimum Gasteiger partial charge on any atom is -0.480 e. The van der Waals surface area contributed by atoms with E-state index in [-0.39, 0.29) is 12.8 Å². The van der Waals surface area contributed by atoms with Gasteiger partial charge in [-0.15, -0.1) is 0 Å². The number of nitrogens with zero attached hydrogens (tertiary/aromatic N) is 1. The maximum Gasteiger partial charge on any atom is 0.326 e. The van der Waals surface area contributed by atoms with Crippen molar-refractivity contribution in [3.05, 3.63) is 0 Å². The van der Waals surface area contributed by atoms with Crippen LogP contribution in [-0.4, -0.2) is 105 Å². The molecule has 172 valence electrons. The molecule has 0 radical (unpaired) electrons. The van der Waals surface area contributed by atoms with E-state index in [4.69, 9.17) is 20.9 Å². The lowest BCUT2D eigenvalue weighted by Crippen LogP contribution is -2.64. The van der Waals surface area contributed by atoms with Gasteiger partial charge in [-0.05, 0) is 20.3 Å². The zero-order valence-corrected chi connectivity index (χ0v) is 16.7. The molecular formula is C17H29N3O10. The Morgan fingerprint density at radius 1 is 1.23 bits per heavy atom. The predicted octanol–water partition coefficient (Wildman–Crippen LogP) is -3.71. The monoisotopic (exact) mass is 435 g/mol. The zero-order chi connectivity index (χ0) is 23.2. The van der Waals surface area contributed by atoms with E-state index in [0.717, 1.165) is 0 Å². The highest BCUT2D eigenvalue weighted by Gasteiger charge is 2.46. The summed E-state index contributed by atoms with van der Waals surface area (Å²) in [5.74, 6) is -3.61. The third-order valence-electron chi connectivity index (χ3n) is 4.65. The number of aldehydes is 1. The van der Waals surface area contributed by atoms with E-state index < -0.39 is 73.2 Å². The Labute approximate surface area is 172 Å². The van der Waals surface area contributed by atoms with Crippen molar-refractivity contribution in [2.75, 3.05) is 6.61 Å². The summed E-state index contributed by atoms with van der Waals surface area (Å²) in [5.41, 5.74) is 11.3. The molecule has 0 aliphatic carbocycles. The molecule has 2 amide bonds. The first kappa shape index (κ1) is 26.0. The van der Waals surface area contributed by atoms with Gasteiger partial charge in [0.25, 0.3) is 5.91 Å². The molecule has 1 heterocycles. The first-order valence-corrected chi connectivity index (χ1v) is 9.30. The number of hydrogen-bond donors (Lipinski definition) is 6. The van der Waals surface area contributed by atoms with Crippen LogP contribution in [0.4, 0.5) is 0 Å². The van der Waals surface area contributed by atoms with Crippen LogP contribution >= 0.6 is 0 Å². The molecule has 1 aliphatic heterocycles. The molecule has 8 N–H and O–H groups in total. The number of carbonyl (C=O) groups is 4. The predicted molar refractivity (Wildman–Crippen MR) is 98.5 cm³/mol. The van der Waals surface area contributed by atoms with Crippen molar-refractivity contribution in [2.45, 2.75) is 75.5 Å². The Morgan fingerprint density at radius 2 is 1.83 bits per heavy atom. The van der Waals surface area contributed by atoms with Crippen molar-refractivity contribution < 1.29 is 49.1 Å². The van der Waals surface area contributed by atoms with Gasteiger partial charge in [0.05, 0.1) is 18.7 Å². The van der Waals surface area contributed by atoms with E-state index >= 15 is 0 Å². The van der Waals surface area contributed by atoms with Crippen LogP contribution in [0.1, 0.15) is 26.7 Å². The molecule has 8 atom stereocenters. The van der Waals surface area contributed by atoms with Gasteiger partial charge in [0.2, 0.25) is 5.91 Å². The second kappa shape index (κ2) is 11.4. The summed E-state index contributed by atoms with van der Waals surface area (Å²) in [6.07, 6.45) is -7.37. The number of carboxylic acid groups (broad SMARTS) is 1. The smallest absolute Gasteiger partial charge is 0.326 e. The molecule has 1 fully saturated rings. The molecule has 0 aromatic rings. The topological polar surface area (TPSA) is 223 Å². The molecule has 13 nitrogen and oxygen atoms in total. The fraction of sp³-hybridized carbons (Fsp3) is 0.765. The number of aliphatic hydroxyl groups is 3. The lowest BCUT2D eigenvalue weighted by Gasteiger charge is -2.42. The minimum atomic E-state index is -1.67. The Balaban J connectivity index is 3.14. The molecule has 30 heavy (non-hydrogen) atoms. The van der Waals surface area contributed by atoms with Gasteiger partial charge in [0.15, 0.2) is 6.29 Å². The summed E-state index contributed by atoms with van der Waals surface area (Å²) >= 11 is 0. The van der Waals surface area contributed by atoms with Gasteiger partial charge in [0, 0.05) is 6.42 Å². The normalized spacial score (nSPS) is 29.5. The van der Waals surface area contributed by atoms with Crippen LogP contribution in [0, 0.1) is 0 Å². The second-order valence-electron chi connectivity index (χ2n) is 6.99. The van der Waals surface area contributed by atoms with Crippen molar-refractivity contribution in [1.29, 1.82) is 0 Å². The third-order valence-corrected chi connectivity index (χ3v) is 4.65. The molecule has 13 heteroatoms. The first-order chi connectivity index (χ1) is 14.0. The number of carboxylic acids is 1. The number of imide groups is 1. The highest BCUT2D eigenvalue weighted by atomic mass is 16.6. The number of aliphatic carboxylic acids is 1. The Kier molecular flexibility index (Phi) is 9.90. The van der Waals surface area contributed by atoms with Gasteiger partial charge >= 0.3 is 5.97 Å². The second-order valence-corrected chi connectivity index (χ2v) is 6.99. The summed E-state index contributed by atoms with van der Waals surface area (Å²) in [5, 5.41) is 38.8. The number of carbonyl (C=O) groups excluding carboxylic acids is 3. The van der Waals surface area contributed by atoms with Gasteiger partial charge in [-0.3, -0.25) is 14.5 Å². The van der Waals surface area contributed by atoms with Gasteiger partial charge in [-0.25, -0.2) is 4.79 Å². The lowest BCUT2D eigenvalue weighted by atomic mass is 9.97. The molecule has 0 aromatic heterocycles. The Hall–Kier alpha value is -2.00. The van der Waals surface area contributed by atoms with Crippen molar-refractivity contribution in [1.82, 2.24) is 4.90 Å². The summed E-state index contributed by atoms with van der Waals surface area (Å²) in [4.78, 5) is 48.1. The average Bonchev–Trinajstić information content (AvgIpc) is 2.69. The number of nitrogens with two attached hydrogens (primary N) is 2. The molecule has 1 saturated heterocycles. The fourth-order valence-electron chi connectivity index (χ4n) is 2.99. The number of amides is 2. The Morgan fingerprint density at radius 3 is 2.30 bits per heavy atom. The molecule has 1 rings (SSSR count). The molecule has 0 bridgehead atoms. The van der Waals surface area contributed by atoms with Crippen molar-refractivity contribution in [2.24, 2.45) is 11.5 Å². The number of aliphatic hydroxyl groups excluding tert-OH is 3. The highest BCUT2D eigenvalue weighted by molar-refractivity contribution is 6.02. The van der Waals surface area contributed by atoms with Gasteiger partial charge in [0.1, 0.15) is 36.7 Å². The molecule has 0 saturated carbocycles. The Bertz CT molecular complexity index is 631. The van der Waals surface area contributed by atoms with E-state index in [1.165, 1.54) is 13.8 Å². The quantitative estimate of drug-likeness (QED) is 0.182. The largest absolute Gasteiger partial charge is 0.480 e. The SMILES string of the molecule is CC(O[C@@H]1[C@@H](N)[C@@H](O)O[C@H](CO)[C@H]1O)C(=O)N(C(=O)[C@H](C)N)[C@@H](CCC=O)C(=O)O. The van der Waals surface area contributed by atoms with Gasteiger partial charge in [-0.2, -0.15) is 0 Å². The lowest BCUT2D eigenvalue weighted by molar-refractivity contribution is -0.262. The maximum absolute atomic E-state index is 12.9. The summed E-state index contributed by atoms with van der Waals surface area (Å²) in [7, 11) is 0. The zero-order valence-electron chi connectivity index (χ0n) is 16.7. The number of rotatable bonds is 10. The van der Waals surface area contributed by atoms with E-state index in [1.807, 2.05) is 0 Å². The molecular weight excluding hydrogens is 406 g/mol. The summed E-state index contributed by atoms with van der Waals surface area (Å²) < 4.78 is 10.4.